The Morgan fingerprint density at radius 1 is 1.05 bits per heavy atom. The van der Waals surface area contributed by atoms with E-state index in [-0.39, 0.29) is 5.02 Å². The Balaban J connectivity index is 2.58. The van der Waals surface area contributed by atoms with Gasteiger partial charge in [0.25, 0.3) is 0 Å². The fourth-order valence-electron chi connectivity index (χ4n) is 2.20. The number of carbonyl (C=O) groups excluding carboxylic acids is 2. The van der Waals surface area contributed by atoms with Crippen molar-refractivity contribution in [2.45, 2.75) is 5.92 Å². The number of nitrogens with one attached hydrogen (secondary N) is 1. The van der Waals surface area contributed by atoms with Crippen LogP contribution in [-0.2, 0) is 9.59 Å². The van der Waals surface area contributed by atoms with E-state index in [2.05, 4.69) is 0 Å². The summed E-state index contributed by atoms with van der Waals surface area (Å²) >= 11 is 11.8. The van der Waals surface area contributed by atoms with Gasteiger partial charge in [-0.15, -0.1) is 0 Å². The van der Waals surface area contributed by atoms with Crippen LogP contribution in [0.2, 0.25) is 10.0 Å². The normalized spacial score (nSPS) is 22.8. The minimum absolute atomic E-state index is 0.213. The first-order valence-corrected chi connectivity index (χ1v) is 6.34. The summed E-state index contributed by atoms with van der Waals surface area (Å²) in [6.45, 7) is 0. The van der Waals surface area contributed by atoms with Crippen molar-refractivity contribution in [1.82, 2.24) is 5.32 Å². The number of rotatable bonds is 1. The number of piperidine rings is 1. The van der Waals surface area contributed by atoms with Crippen LogP contribution in [-0.4, -0.2) is 11.8 Å². The second-order valence-electron chi connectivity index (χ2n) is 4.26. The molecule has 0 radical (unpaired) electrons. The van der Waals surface area contributed by atoms with E-state index >= 15 is 0 Å². The lowest BCUT2D eigenvalue weighted by molar-refractivity contribution is -0.137. The molecule has 1 saturated heterocycles. The van der Waals surface area contributed by atoms with Crippen LogP contribution in [0.15, 0.2) is 18.2 Å². The first-order valence-electron chi connectivity index (χ1n) is 5.58. The van der Waals surface area contributed by atoms with Crippen molar-refractivity contribution < 1.29 is 9.59 Å². The highest BCUT2D eigenvalue weighted by molar-refractivity contribution is 6.35. The van der Waals surface area contributed by atoms with E-state index in [9.17, 15) is 9.59 Å². The summed E-state index contributed by atoms with van der Waals surface area (Å²) in [5.74, 6) is -4.66. The predicted octanol–water partition coefficient (Wildman–Crippen LogP) is 2.01. The van der Waals surface area contributed by atoms with Gasteiger partial charge in [0, 0.05) is 16.0 Å². The molecule has 1 N–H and O–H groups in total. The van der Waals surface area contributed by atoms with Gasteiger partial charge in [0.1, 0.15) is 11.8 Å². The zero-order valence-corrected chi connectivity index (χ0v) is 11.4. The Kier molecular flexibility index (Phi) is 3.94. The number of nitriles is 2. The minimum atomic E-state index is -1.16. The summed E-state index contributed by atoms with van der Waals surface area (Å²) in [5.41, 5.74) is 0.386. The van der Waals surface area contributed by atoms with E-state index in [1.165, 1.54) is 18.2 Å². The van der Waals surface area contributed by atoms with Crippen LogP contribution in [0.25, 0.3) is 0 Å². The van der Waals surface area contributed by atoms with Gasteiger partial charge < -0.3 is 0 Å². The fourth-order valence-corrected chi connectivity index (χ4v) is 2.74. The molecule has 0 unspecified atom stereocenters. The lowest BCUT2D eigenvalue weighted by Gasteiger charge is -2.30. The molecule has 2 amide bonds. The molecule has 7 heteroatoms. The molecule has 0 aliphatic carbocycles. The molecule has 1 aliphatic rings. The number of hydrogen-bond donors (Lipinski definition) is 1. The molecule has 0 aromatic heterocycles. The van der Waals surface area contributed by atoms with Crippen molar-refractivity contribution in [2.24, 2.45) is 11.8 Å². The Morgan fingerprint density at radius 3 is 2.05 bits per heavy atom. The van der Waals surface area contributed by atoms with Crippen LogP contribution in [0, 0.1) is 34.5 Å². The van der Waals surface area contributed by atoms with Crippen LogP contribution in [0.1, 0.15) is 11.5 Å². The molecule has 20 heavy (non-hydrogen) atoms. The van der Waals surface area contributed by atoms with Crippen molar-refractivity contribution in [2.75, 3.05) is 0 Å². The highest BCUT2D eigenvalue weighted by Crippen LogP contribution is 2.39. The molecule has 0 saturated carbocycles. The van der Waals surface area contributed by atoms with E-state index in [1.807, 2.05) is 17.5 Å². The molecule has 1 fully saturated rings. The minimum Gasteiger partial charge on any atom is -0.294 e. The third-order valence-corrected chi connectivity index (χ3v) is 3.69. The van der Waals surface area contributed by atoms with Gasteiger partial charge in [0.05, 0.1) is 12.1 Å². The summed E-state index contributed by atoms with van der Waals surface area (Å²) in [6.07, 6.45) is 0. The first kappa shape index (κ1) is 14.3. The molecule has 5 nitrogen and oxygen atoms in total. The topological polar surface area (TPSA) is 93.8 Å². The second kappa shape index (κ2) is 5.50. The Morgan fingerprint density at radius 2 is 1.60 bits per heavy atom. The smallest absolute Gasteiger partial charge is 0.244 e. The maximum absolute atomic E-state index is 11.7. The number of halogens is 2. The van der Waals surface area contributed by atoms with Crippen molar-refractivity contribution in [3.8, 4) is 12.1 Å². The van der Waals surface area contributed by atoms with Gasteiger partial charge in [-0.05, 0) is 17.7 Å². The van der Waals surface area contributed by atoms with Gasteiger partial charge in [0.2, 0.25) is 11.8 Å². The Hall–Kier alpha value is -2.08. The highest BCUT2D eigenvalue weighted by atomic mass is 35.5. The Bertz CT molecular complexity index is 643. The summed E-state index contributed by atoms with van der Waals surface area (Å²) in [5, 5.41) is 20.9. The number of amides is 2. The predicted molar refractivity (Wildman–Crippen MR) is 70.6 cm³/mol. The summed E-state index contributed by atoms with van der Waals surface area (Å²) in [6, 6.07) is 8.14. The maximum atomic E-state index is 11.7. The summed E-state index contributed by atoms with van der Waals surface area (Å²) in [7, 11) is 0. The third-order valence-electron chi connectivity index (χ3n) is 3.13. The first-order chi connectivity index (χ1) is 9.49. The van der Waals surface area contributed by atoms with E-state index < -0.39 is 29.6 Å². The van der Waals surface area contributed by atoms with Gasteiger partial charge in [-0.25, -0.2) is 0 Å². The van der Waals surface area contributed by atoms with E-state index in [4.69, 9.17) is 33.7 Å². The van der Waals surface area contributed by atoms with Gasteiger partial charge >= 0.3 is 0 Å². The summed E-state index contributed by atoms with van der Waals surface area (Å²) in [4.78, 5) is 23.5. The second-order valence-corrected chi connectivity index (χ2v) is 5.10. The third kappa shape index (κ3) is 2.34. The molecule has 100 valence electrons. The van der Waals surface area contributed by atoms with Gasteiger partial charge in [0.15, 0.2) is 0 Å². The molecule has 0 spiro atoms. The highest BCUT2D eigenvalue weighted by Gasteiger charge is 2.45. The van der Waals surface area contributed by atoms with Crippen molar-refractivity contribution in [1.29, 1.82) is 10.5 Å². The Labute approximate surface area is 124 Å². The average molecular weight is 308 g/mol. The quantitative estimate of drug-likeness (QED) is 0.803. The molecular weight excluding hydrogens is 301 g/mol. The molecule has 1 heterocycles. The van der Waals surface area contributed by atoms with Gasteiger partial charge in [-0.2, -0.15) is 10.5 Å². The summed E-state index contributed by atoms with van der Waals surface area (Å²) < 4.78 is 0. The maximum Gasteiger partial charge on any atom is 0.244 e. The van der Waals surface area contributed by atoms with Crippen LogP contribution in [0.5, 0.6) is 0 Å². The number of hydrogen-bond acceptors (Lipinski definition) is 4. The molecule has 1 aromatic rings. The van der Waals surface area contributed by atoms with Crippen LogP contribution in [0.4, 0.5) is 0 Å². The van der Waals surface area contributed by atoms with E-state index in [0.29, 0.717) is 10.6 Å². The van der Waals surface area contributed by atoms with E-state index in [1.54, 1.807) is 0 Å². The van der Waals surface area contributed by atoms with Crippen LogP contribution >= 0.6 is 23.2 Å². The van der Waals surface area contributed by atoms with Crippen molar-refractivity contribution in [3.63, 3.8) is 0 Å². The number of nitrogens with zero attached hydrogens (tertiary/aromatic N) is 2. The molecule has 1 aromatic carbocycles. The van der Waals surface area contributed by atoms with Crippen LogP contribution in [0.3, 0.4) is 0 Å². The monoisotopic (exact) mass is 307 g/mol. The number of carbonyl (C=O) groups is 2. The number of benzene rings is 1. The van der Waals surface area contributed by atoms with E-state index in [0.717, 1.165) is 0 Å². The number of imide groups is 1. The molecule has 1 aliphatic heterocycles. The molecule has 2 rings (SSSR count). The van der Waals surface area contributed by atoms with Crippen LogP contribution < -0.4 is 5.32 Å². The lowest BCUT2D eigenvalue weighted by Crippen LogP contribution is -2.49. The largest absolute Gasteiger partial charge is 0.294 e. The average Bonchev–Trinajstić information content (AvgIpc) is 2.38. The zero-order valence-electron chi connectivity index (χ0n) is 9.93. The standard InChI is InChI=1S/C13H7Cl2N3O2/c14-6-1-2-7(10(15)3-6)11-8(4-16)12(19)18-13(20)9(11)5-17/h1-3,8-9,11H,(H,18,19,20)/t8-,9-/m1/s1. The lowest BCUT2D eigenvalue weighted by atomic mass is 9.74. The fraction of sp³-hybridized carbons (Fsp3) is 0.231. The molecule has 0 bridgehead atoms. The molecule has 2 atom stereocenters. The van der Waals surface area contributed by atoms with Gasteiger partial charge in [-0.3, -0.25) is 14.9 Å². The van der Waals surface area contributed by atoms with Gasteiger partial charge in [-0.1, -0.05) is 29.3 Å². The van der Waals surface area contributed by atoms with Crippen molar-refractivity contribution >= 4 is 35.0 Å². The molecular formula is C13H7Cl2N3O2. The SMILES string of the molecule is N#C[C@H]1C(=O)NC(=O)[C@H](C#N)C1c1ccc(Cl)cc1Cl. The zero-order chi connectivity index (χ0) is 14.9. The van der Waals surface area contributed by atoms with Crippen molar-refractivity contribution in [3.05, 3.63) is 33.8 Å².